The van der Waals surface area contributed by atoms with E-state index < -0.39 is 18.0 Å². The Labute approximate surface area is 114 Å². The lowest BCUT2D eigenvalue weighted by Crippen LogP contribution is -2.20. The molecule has 2 heterocycles. The molecule has 1 aromatic carbocycles. The van der Waals surface area contributed by atoms with Gasteiger partial charge in [0, 0.05) is 12.8 Å². The van der Waals surface area contributed by atoms with Gasteiger partial charge >= 0.3 is 5.97 Å². The minimum absolute atomic E-state index is 0.331. The number of carboxylic acid groups (broad SMARTS) is 1. The normalized spacial score (nSPS) is 22.1. The molecule has 0 radical (unpaired) electrons. The number of benzene rings is 1. The Balaban J connectivity index is 1.98. The first kappa shape index (κ1) is 12.8. The Morgan fingerprint density at radius 2 is 2.10 bits per heavy atom. The van der Waals surface area contributed by atoms with Crippen LogP contribution in [-0.4, -0.2) is 27.5 Å². The molecule has 2 atom stereocenters. The lowest BCUT2D eigenvalue weighted by molar-refractivity contribution is -0.143. The fraction of sp³-hybridized carbons (Fsp3) is 0.286. The van der Waals surface area contributed by atoms with Crippen molar-refractivity contribution in [2.24, 2.45) is 5.92 Å². The Hall–Kier alpha value is -2.21. The monoisotopic (exact) mass is 276 g/mol. The highest BCUT2D eigenvalue weighted by Gasteiger charge is 2.37. The van der Waals surface area contributed by atoms with Gasteiger partial charge in [-0.2, -0.15) is 5.10 Å². The highest BCUT2D eigenvalue weighted by molar-refractivity contribution is 5.71. The third-order valence-corrected chi connectivity index (χ3v) is 3.44. The average Bonchev–Trinajstić information content (AvgIpc) is 3.07. The van der Waals surface area contributed by atoms with Gasteiger partial charge in [-0.3, -0.25) is 4.79 Å². The summed E-state index contributed by atoms with van der Waals surface area (Å²) in [4.78, 5) is 11.2. The molecule has 0 amide bonds. The third kappa shape index (κ3) is 2.18. The van der Waals surface area contributed by atoms with Crippen LogP contribution in [0.25, 0.3) is 5.69 Å². The highest BCUT2D eigenvalue weighted by atomic mass is 19.1. The molecule has 0 unspecified atom stereocenters. The molecule has 0 bridgehead atoms. The van der Waals surface area contributed by atoms with E-state index in [1.54, 1.807) is 29.1 Å². The third-order valence-electron chi connectivity index (χ3n) is 3.44. The zero-order valence-corrected chi connectivity index (χ0v) is 10.6. The van der Waals surface area contributed by atoms with Crippen LogP contribution in [-0.2, 0) is 9.53 Å². The zero-order chi connectivity index (χ0) is 14.1. The maximum atomic E-state index is 13.0. The summed E-state index contributed by atoms with van der Waals surface area (Å²) in [6.07, 6.45) is 1.54. The zero-order valence-electron chi connectivity index (χ0n) is 10.6. The van der Waals surface area contributed by atoms with Crippen LogP contribution in [0, 0.1) is 11.7 Å². The van der Waals surface area contributed by atoms with Gasteiger partial charge in [0.2, 0.25) is 0 Å². The first-order chi connectivity index (χ1) is 9.66. The van der Waals surface area contributed by atoms with Crippen molar-refractivity contribution in [3.05, 3.63) is 48.0 Å². The molecule has 5 nitrogen and oxygen atoms in total. The first-order valence-corrected chi connectivity index (χ1v) is 6.31. The predicted molar refractivity (Wildman–Crippen MR) is 68.0 cm³/mol. The topological polar surface area (TPSA) is 64.3 Å². The number of nitrogens with zero attached hydrogens (tertiary/aromatic N) is 2. The van der Waals surface area contributed by atoms with E-state index in [0.717, 1.165) is 0 Å². The smallest absolute Gasteiger partial charge is 0.309 e. The van der Waals surface area contributed by atoms with Crippen molar-refractivity contribution in [2.75, 3.05) is 6.61 Å². The largest absolute Gasteiger partial charge is 0.481 e. The van der Waals surface area contributed by atoms with E-state index in [4.69, 9.17) is 4.74 Å². The number of aromatic nitrogens is 2. The van der Waals surface area contributed by atoms with E-state index in [9.17, 15) is 14.3 Å². The van der Waals surface area contributed by atoms with E-state index in [-0.39, 0.29) is 5.82 Å². The molecule has 0 spiro atoms. The van der Waals surface area contributed by atoms with E-state index in [1.807, 2.05) is 0 Å². The summed E-state index contributed by atoms with van der Waals surface area (Å²) in [6, 6.07) is 7.60. The lowest BCUT2D eigenvalue weighted by atomic mass is 9.99. The van der Waals surface area contributed by atoms with Gasteiger partial charge in [-0.05, 0) is 36.8 Å². The molecule has 1 N–H and O–H groups in total. The number of carboxylic acids is 1. The van der Waals surface area contributed by atoms with Gasteiger partial charge in [-0.15, -0.1) is 0 Å². The quantitative estimate of drug-likeness (QED) is 0.933. The molecule has 0 aliphatic carbocycles. The highest BCUT2D eigenvalue weighted by Crippen LogP contribution is 2.35. The van der Waals surface area contributed by atoms with E-state index >= 15 is 0 Å². The molecular weight excluding hydrogens is 263 g/mol. The van der Waals surface area contributed by atoms with Gasteiger partial charge in [0.05, 0.1) is 17.3 Å². The number of hydrogen-bond donors (Lipinski definition) is 1. The standard InChI is InChI=1S/C14H13FN2O3/c15-9-1-3-10(4-2-9)17-12(5-7-16-17)13-11(14(18)19)6-8-20-13/h1-5,7,11,13H,6,8H2,(H,18,19)/t11-,13-/m0/s1. The number of rotatable bonds is 3. The van der Waals surface area contributed by atoms with E-state index in [2.05, 4.69) is 5.10 Å². The summed E-state index contributed by atoms with van der Waals surface area (Å²) < 4.78 is 20.1. The van der Waals surface area contributed by atoms with Gasteiger partial charge in [-0.25, -0.2) is 9.07 Å². The van der Waals surface area contributed by atoms with Crippen LogP contribution >= 0.6 is 0 Å². The molecule has 6 heteroatoms. The van der Waals surface area contributed by atoms with Crippen LogP contribution in [0.5, 0.6) is 0 Å². The average molecular weight is 276 g/mol. The van der Waals surface area contributed by atoms with Crippen LogP contribution in [0.3, 0.4) is 0 Å². The fourth-order valence-corrected chi connectivity index (χ4v) is 2.46. The second-order valence-corrected chi connectivity index (χ2v) is 4.67. The molecule has 0 saturated carbocycles. The van der Waals surface area contributed by atoms with Crippen LogP contribution in [0.4, 0.5) is 4.39 Å². The number of ether oxygens (including phenoxy) is 1. The van der Waals surface area contributed by atoms with Gasteiger partial charge in [-0.1, -0.05) is 0 Å². The summed E-state index contributed by atoms with van der Waals surface area (Å²) >= 11 is 0. The molecule has 1 saturated heterocycles. The first-order valence-electron chi connectivity index (χ1n) is 6.31. The molecule has 20 heavy (non-hydrogen) atoms. The molecule has 1 fully saturated rings. The molecular formula is C14H13FN2O3. The Morgan fingerprint density at radius 1 is 1.35 bits per heavy atom. The number of halogens is 1. The minimum Gasteiger partial charge on any atom is -0.481 e. The van der Waals surface area contributed by atoms with E-state index in [0.29, 0.717) is 24.4 Å². The second kappa shape index (κ2) is 5.05. The number of carbonyl (C=O) groups is 1. The van der Waals surface area contributed by atoms with Crippen LogP contribution in [0.15, 0.2) is 36.5 Å². The van der Waals surface area contributed by atoms with Crippen molar-refractivity contribution in [1.82, 2.24) is 9.78 Å². The van der Waals surface area contributed by atoms with Crippen LogP contribution < -0.4 is 0 Å². The van der Waals surface area contributed by atoms with Crippen LogP contribution in [0.2, 0.25) is 0 Å². The van der Waals surface area contributed by atoms with Crippen molar-refractivity contribution < 1.29 is 19.0 Å². The van der Waals surface area contributed by atoms with Gasteiger partial charge in [0.15, 0.2) is 0 Å². The van der Waals surface area contributed by atoms with Crippen molar-refractivity contribution in [3.63, 3.8) is 0 Å². The summed E-state index contributed by atoms with van der Waals surface area (Å²) in [5.74, 6) is -1.78. The fourth-order valence-electron chi connectivity index (χ4n) is 2.46. The summed E-state index contributed by atoms with van der Waals surface area (Å²) in [7, 11) is 0. The van der Waals surface area contributed by atoms with Crippen molar-refractivity contribution in [2.45, 2.75) is 12.5 Å². The van der Waals surface area contributed by atoms with Gasteiger partial charge < -0.3 is 9.84 Å². The van der Waals surface area contributed by atoms with Crippen LogP contribution in [0.1, 0.15) is 18.2 Å². The summed E-state index contributed by atoms with van der Waals surface area (Å²) in [5.41, 5.74) is 1.34. The van der Waals surface area contributed by atoms with Crippen molar-refractivity contribution >= 4 is 5.97 Å². The molecule has 1 aliphatic heterocycles. The molecule has 2 aromatic rings. The summed E-state index contributed by atoms with van der Waals surface area (Å²) in [5, 5.41) is 13.4. The Kier molecular flexibility index (Phi) is 3.23. The molecule has 104 valence electrons. The predicted octanol–water partition coefficient (Wildman–Crippen LogP) is 2.17. The molecule has 1 aromatic heterocycles. The maximum absolute atomic E-state index is 13.0. The summed E-state index contributed by atoms with van der Waals surface area (Å²) in [6.45, 7) is 0.413. The van der Waals surface area contributed by atoms with E-state index in [1.165, 1.54) is 12.1 Å². The number of aliphatic carboxylic acids is 1. The Morgan fingerprint density at radius 3 is 2.80 bits per heavy atom. The van der Waals surface area contributed by atoms with Gasteiger partial charge in [0.25, 0.3) is 0 Å². The van der Waals surface area contributed by atoms with Crippen molar-refractivity contribution in [1.29, 1.82) is 0 Å². The lowest BCUT2D eigenvalue weighted by Gasteiger charge is -2.16. The molecule has 3 rings (SSSR count). The number of hydrogen-bond acceptors (Lipinski definition) is 3. The maximum Gasteiger partial charge on any atom is 0.309 e. The minimum atomic E-state index is -0.876. The SMILES string of the molecule is O=C(O)[C@H]1CCO[C@@H]1c1ccnn1-c1ccc(F)cc1. The molecule has 1 aliphatic rings. The Bertz CT molecular complexity index is 624. The second-order valence-electron chi connectivity index (χ2n) is 4.67. The van der Waals surface area contributed by atoms with Crippen molar-refractivity contribution in [3.8, 4) is 5.69 Å². The van der Waals surface area contributed by atoms with Gasteiger partial charge in [0.1, 0.15) is 11.9 Å².